The Morgan fingerprint density at radius 2 is 1.94 bits per heavy atom. The van der Waals surface area contributed by atoms with Gasteiger partial charge in [-0.2, -0.15) is 0 Å². The third kappa shape index (κ3) is 1.78. The first-order valence-corrected chi connectivity index (χ1v) is 7.24. The second-order valence-electron chi connectivity index (χ2n) is 4.99. The molecule has 2 atom stereocenters. The van der Waals surface area contributed by atoms with E-state index in [-0.39, 0.29) is 6.10 Å². The molecular weight excluding hydrogens is 216 g/mol. The lowest BCUT2D eigenvalue weighted by Gasteiger charge is -2.24. The molecule has 0 aromatic heterocycles. The zero-order chi connectivity index (χ0) is 11.0. The number of aliphatic hydroxyl groups is 1. The van der Waals surface area contributed by atoms with E-state index in [0.717, 1.165) is 5.75 Å². The second kappa shape index (κ2) is 4.42. The molecule has 1 nitrogen and oxygen atoms in total. The van der Waals surface area contributed by atoms with Crippen molar-refractivity contribution < 1.29 is 5.11 Å². The Morgan fingerprint density at radius 3 is 2.75 bits per heavy atom. The molecule has 2 aliphatic rings. The lowest BCUT2D eigenvalue weighted by Crippen LogP contribution is -2.26. The maximum absolute atomic E-state index is 10.5. The third-order valence-electron chi connectivity index (χ3n) is 4.03. The molecule has 1 fully saturated rings. The summed E-state index contributed by atoms with van der Waals surface area (Å²) in [5.74, 6) is 2.00. The van der Waals surface area contributed by atoms with Crippen molar-refractivity contribution in [3.63, 3.8) is 0 Å². The molecule has 3 rings (SSSR count). The fraction of sp³-hybridized carbons (Fsp3) is 0.571. The molecule has 0 saturated heterocycles. The Balaban J connectivity index is 1.81. The minimum atomic E-state index is -0.112. The quantitative estimate of drug-likeness (QED) is 0.846. The van der Waals surface area contributed by atoms with E-state index in [9.17, 15) is 5.11 Å². The van der Waals surface area contributed by atoms with Crippen molar-refractivity contribution in [2.75, 3.05) is 5.75 Å². The molecular formula is C14H18OS. The maximum atomic E-state index is 10.5. The van der Waals surface area contributed by atoms with Crippen molar-refractivity contribution in [3.05, 3.63) is 29.8 Å². The predicted octanol–water partition coefficient (Wildman–Crippen LogP) is 3.43. The van der Waals surface area contributed by atoms with Crippen molar-refractivity contribution in [2.24, 2.45) is 5.92 Å². The van der Waals surface area contributed by atoms with Gasteiger partial charge >= 0.3 is 0 Å². The normalized spacial score (nSPS) is 26.9. The van der Waals surface area contributed by atoms with Crippen LogP contribution in [0.1, 0.15) is 37.2 Å². The maximum Gasteiger partial charge on any atom is 0.0645 e. The monoisotopic (exact) mass is 234 g/mol. The number of benzene rings is 1. The van der Waals surface area contributed by atoms with Crippen LogP contribution in [0.15, 0.2) is 29.2 Å². The summed E-state index contributed by atoms with van der Waals surface area (Å²) in [6, 6.07) is 8.56. The van der Waals surface area contributed by atoms with Crippen LogP contribution >= 0.6 is 11.8 Å². The molecule has 1 heterocycles. The molecule has 0 bridgehead atoms. The first-order valence-electron chi connectivity index (χ1n) is 6.26. The van der Waals surface area contributed by atoms with Gasteiger partial charge in [-0.3, -0.25) is 0 Å². The van der Waals surface area contributed by atoms with Crippen LogP contribution < -0.4 is 0 Å². The summed E-state index contributed by atoms with van der Waals surface area (Å²) >= 11 is 1.90. The van der Waals surface area contributed by atoms with Crippen LogP contribution in [-0.4, -0.2) is 17.0 Å². The lowest BCUT2D eigenvalue weighted by atomic mass is 9.86. The van der Waals surface area contributed by atoms with Crippen LogP contribution in [0.25, 0.3) is 0 Å². The van der Waals surface area contributed by atoms with Crippen LogP contribution in [0.5, 0.6) is 0 Å². The van der Waals surface area contributed by atoms with Crippen molar-refractivity contribution in [2.45, 2.75) is 42.6 Å². The summed E-state index contributed by atoms with van der Waals surface area (Å²) in [6.45, 7) is 0. The average molecular weight is 234 g/mol. The molecule has 0 radical (unpaired) electrons. The van der Waals surface area contributed by atoms with Crippen LogP contribution in [0.2, 0.25) is 0 Å². The minimum absolute atomic E-state index is 0.112. The Hall–Kier alpha value is -0.470. The van der Waals surface area contributed by atoms with Crippen LogP contribution in [0, 0.1) is 5.92 Å². The number of fused-ring (bicyclic) bond motifs is 1. The molecule has 1 saturated carbocycles. The summed E-state index contributed by atoms with van der Waals surface area (Å²) in [6.07, 6.45) is 4.96. The molecule has 16 heavy (non-hydrogen) atoms. The fourth-order valence-corrected chi connectivity index (χ4v) is 4.39. The first-order chi connectivity index (χ1) is 7.86. The number of hydrogen-bond acceptors (Lipinski definition) is 2. The highest BCUT2D eigenvalue weighted by Gasteiger charge is 2.34. The van der Waals surface area contributed by atoms with Crippen molar-refractivity contribution in [1.29, 1.82) is 0 Å². The van der Waals surface area contributed by atoms with Gasteiger partial charge < -0.3 is 5.11 Å². The third-order valence-corrected chi connectivity index (χ3v) is 5.24. The van der Waals surface area contributed by atoms with E-state index in [2.05, 4.69) is 24.3 Å². The number of aliphatic hydroxyl groups excluding tert-OH is 1. The molecule has 2 heteroatoms. The molecule has 1 aliphatic heterocycles. The summed E-state index contributed by atoms with van der Waals surface area (Å²) in [7, 11) is 0. The SMILES string of the molecule is OC(C1CCCC1)C1CSc2ccccc21. The van der Waals surface area contributed by atoms with Gasteiger partial charge in [0.15, 0.2) is 0 Å². The van der Waals surface area contributed by atoms with Gasteiger partial charge in [-0.05, 0) is 30.4 Å². The Kier molecular flexibility index (Phi) is 2.95. The predicted molar refractivity (Wildman–Crippen MR) is 67.9 cm³/mol. The first kappa shape index (κ1) is 10.7. The summed E-state index contributed by atoms with van der Waals surface area (Å²) in [5, 5.41) is 10.5. The van der Waals surface area contributed by atoms with Gasteiger partial charge in [-0.1, -0.05) is 31.0 Å². The van der Waals surface area contributed by atoms with Crippen molar-refractivity contribution >= 4 is 11.8 Å². The van der Waals surface area contributed by atoms with Gasteiger partial charge in [0.2, 0.25) is 0 Å². The van der Waals surface area contributed by atoms with Crippen molar-refractivity contribution in [3.8, 4) is 0 Å². The Bertz CT molecular complexity index is 371. The number of rotatable bonds is 2. The van der Waals surface area contributed by atoms with Gasteiger partial charge in [0.25, 0.3) is 0 Å². The highest BCUT2D eigenvalue weighted by atomic mass is 32.2. The number of thioether (sulfide) groups is 1. The smallest absolute Gasteiger partial charge is 0.0645 e. The largest absolute Gasteiger partial charge is 0.392 e. The van der Waals surface area contributed by atoms with Gasteiger partial charge in [-0.25, -0.2) is 0 Å². The van der Waals surface area contributed by atoms with E-state index < -0.39 is 0 Å². The summed E-state index contributed by atoms with van der Waals surface area (Å²) in [4.78, 5) is 1.38. The molecule has 2 unspecified atom stereocenters. The molecule has 86 valence electrons. The van der Waals surface area contributed by atoms with Gasteiger partial charge in [0.1, 0.15) is 0 Å². The van der Waals surface area contributed by atoms with E-state index in [1.165, 1.54) is 36.1 Å². The number of hydrogen-bond donors (Lipinski definition) is 1. The van der Waals surface area contributed by atoms with Gasteiger partial charge in [0, 0.05) is 16.6 Å². The second-order valence-corrected chi connectivity index (χ2v) is 6.05. The van der Waals surface area contributed by atoms with E-state index in [4.69, 9.17) is 0 Å². The zero-order valence-electron chi connectivity index (χ0n) is 9.43. The molecule has 1 aromatic rings. The minimum Gasteiger partial charge on any atom is -0.392 e. The Morgan fingerprint density at radius 1 is 1.19 bits per heavy atom. The Labute approximate surface area is 101 Å². The molecule has 0 amide bonds. The highest BCUT2D eigenvalue weighted by molar-refractivity contribution is 7.99. The van der Waals surface area contributed by atoms with E-state index in [1.807, 2.05) is 11.8 Å². The fourth-order valence-electron chi connectivity index (χ4n) is 3.10. The molecule has 1 aliphatic carbocycles. The van der Waals surface area contributed by atoms with E-state index >= 15 is 0 Å². The van der Waals surface area contributed by atoms with Crippen LogP contribution in [-0.2, 0) is 0 Å². The van der Waals surface area contributed by atoms with E-state index in [0.29, 0.717) is 11.8 Å². The lowest BCUT2D eigenvalue weighted by molar-refractivity contribution is 0.0901. The molecule has 0 spiro atoms. The average Bonchev–Trinajstić information content (AvgIpc) is 2.98. The summed E-state index contributed by atoms with van der Waals surface area (Å²) < 4.78 is 0. The van der Waals surface area contributed by atoms with Crippen molar-refractivity contribution in [1.82, 2.24) is 0 Å². The van der Waals surface area contributed by atoms with Crippen LogP contribution in [0.4, 0.5) is 0 Å². The van der Waals surface area contributed by atoms with E-state index in [1.54, 1.807) is 0 Å². The van der Waals surface area contributed by atoms with Gasteiger partial charge in [-0.15, -0.1) is 11.8 Å². The van der Waals surface area contributed by atoms with Crippen LogP contribution in [0.3, 0.4) is 0 Å². The highest BCUT2D eigenvalue weighted by Crippen LogP contribution is 2.44. The summed E-state index contributed by atoms with van der Waals surface area (Å²) in [5.41, 5.74) is 1.38. The zero-order valence-corrected chi connectivity index (χ0v) is 10.2. The topological polar surface area (TPSA) is 20.2 Å². The standard InChI is InChI=1S/C14H18OS/c15-14(10-5-1-2-6-10)12-9-16-13-8-4-3-7-11(12)13/h3-4,7-8,10,12,14-15H,1-2,5-6,9H2. The molecule has 1 aromatic carbocycles. The molecule has 1 N–H and O–H groups in total. The van der Waals surface area contributed by atoms with Gasteiger partial charge in [0.05, 0.1) is 6.10 Å².